The van der Waals surface area contributed by atoms with Crippen LogP contribution >= 0.6 is 0 Å². The van der Waals surface area contributed by atoms with E-state index in [1.54, 1.807) is 0 Å². The second-order valence-corrected chi connectivity index (χ2v) is 14.2. The van der Waals surface area contributed by atoms with E-state index in [0.717, 1.165) is 45.3 Å². The van der Waals surface area contributed by atoms with Gasteiger partial charge in [0.15, 0.2) is 0 Å². The molecule has 2 heteroatoms. The van der Waals surface area contributed by atoms with Crippen molar-refractivity contribution in [3.8, 4) is 17.1 Å². The normalized spacial score (nSPS) is 19.4. The maximum Gasteiger partial charge on any atom is 0.145 e. The molecule has 1 heterocycles. The Bertz CT molecular complexity index is 2820. The van der Waals surface area contributed by atoms with Crippen LogP contribution in [0.5, 0.6) is 0 Å². The zero-order valence-corrected chi connectivity index (χ0v) is 28.6. The minimum atomic E-state index is -0.550. The van der Waals surface area contributed by atoms with Crippen molar-refractivity contribution in [2.45, 2.75) is 24.2 Å². The molecule has 7 aromatic carbocycles. The van der Waals surface area contributed by atoms with Gasteiger partial charge in [0.1, 0.15) is 5.82 Å². The number of allylic oxidation sites excluding steroid dienone is 4. The first-order valence-corrected chi connectivity index (χ1v) is 17.8. The van der Waals surface area contributed by atoms with Gasteiger partial charge >= 0.3 is 0 Å². The number of hydrogen-bond acceptors (Lipinski definition) is 1. The minimum absolute atomic E-state index is 0.164. The molecule has 51 heavy (non-hydrogen) atoms. The van der Waals surface area contributed by atoms with Crippen molar-refractivity contribution in [3.63, 3.8) is 0 Å². The van der Waals surface area contributed by atoms with Gasteiger partial charge in [0.25, 0.3) is 0 Å². The van der Waals surface area contributed by atoms with Crippen LogP contribution in [-0.2, 0) is 10.8 Å². The smallest absolute Gasteiger partial charge is 0.145 e. The van der Waals surface area contributed by atoms with Gasteiger partial charge in [-0.15, -0.1) is 0 Å². The van der Waals surface area contributed by atoms with Crippen LogP contribution in [0.25, 0.3) is 62.3 Å². The molecule has 0 radical (unpaired) electrons. The van der Waals surface area contributed by atoms with E-state index in [1.807, 2.05) is 6.08 Å². The highest BCUT2D eigenvalue weighted by Gasteiger charge is 2.56. The lowest BCUT2D eigenvalue weighted by Crippen LogP contribution is -2.34. The molecule has 0 saturated heterocycles. The molecule has 2 atom stereocenters. The molecular weight excluding hydrogens is 617 g/mol. The predicted octanol–water partition coefficient (Wildman–Crippen LogP) is 11.3. The number of imidazole rings is 1. The summed E-state index contributed by atoms with van der Waals surface area (Å²) in [6.07, 6.45) is 9.95. The molecule has 0 spiro atoms. The van der Waals surface area contributed by atoms with Crippen LogP contribution in [0.15, 0.2) is 170 Å². The topological polar surface area (TPSA) is 17.8 Å². The molecule has 10 rings (SSSR count). The van der Waals surface area contributed by atoms with Crippen LogP contribution in [-0.4, -0.2) is 9.55 Å². The molecule has 1 aromatic heterocycles. The van der Waals surface area contributed by atoms with E-state index in [2.05, 4.69) is 182 Å². The first-order chi connectivity index (χ1) is 25.0. The summed E-state index contributed by atoms with van der Waals surface area (Å²) in [6, 6.07) is 50.8. The van der Waals surface area contributed by atoms with Crippen molar-refractivity contribution in [2.24, 2.45) is 0 Å². The molecule has 2 aliphatic rings. The number of para-hydroxylation sites is 3. The predicted molar refractivity (Wildman–Crippen MR) is 214 cm³/mol. The summed E-state index contributed by atoms with van der Waals surface area (Å²) in [4.78, 5) is 5.20. The highest BCUT2D eigenvalue weighted by molar-refractivity contribution is 6.15. The Morgan fingerprint density at radius 1 is 0.725 bits per heavy atom. The second-order valence-electron chi connectivity index (χ2n) is 14.2. The van der Waals surface area contributed by atoms with Gasteiger partial charge in [-0.2, -0.15) is 0 Å². The summed E-state index contributed by atoms with van der Waals surface area (Å²) in [5, 5.41) is 5.93. The van der Waals surface area contributed by atoms with Gasteiger partial charge in [-0.1, -0.05) is 154 Å². The molecule has 0 N–H and O–H groups in total. The van der Waals surface area contributed by atoms with Crippen LogP contribution in [0.2, 0.25) is 0 Å². The average Bonchev–Trinajstić information content (AvgIpc) is 3.68. The van der Waals surface area contributed by atoms with Gasteiger partial charge in [-0.25, -0.2) is 4.98 Å². The van der Waals surface area contributed by atoms with E-state index < -0.39 is 5.41 Å². The molecule has 8 aromatic rings. The fraction of sp³-hybridized carbons (Fsp3) is 0.0816. The SMILES string of the molecule is C=Cc1cc(C2(c3ccc(-c4nc5ccccc5n4-c4ccccc4)cc3)C3=CC=CCC3(C)c3ccccc32)c2cccc3ccc(=C)c1c32. The van der Waals surface area contributed by atoms with Gasteiger partial charge in [-0.3, -0.25) is 4.57 Å². The number of nitrogens with zero attached hydrogens (tertiary/aromatic N) is 2. The van der Waals surface area contributed by atoms with Gasteiger partial charge in [-0.05, 0) is 96.9 Å². The molecule has 2 unspecified atom stereocenters. The Labute approximate surface area is 298 Å². The first-order valence-electron chi connectivity index (χ1n) is 17.8. The van der Waals surface area contributed by atoms with Crippen LogP contribution in [0.3, 0.4) is 0 Å². The van der Waals surface area contributed by atoms with Crippen LogP contribution in [0.4, 0.5) is 0 Å². The average molecular weight is 653 g/mol. The van der Waals surface area contributed by atoms with Gasteiger partial charge < -0.3 is 0 Å². The van der Waals surface area contributed by atoms with Crippen LogP contribution < -0.4 is 5.22 Å². The summed E-state index contributed by atoms with van der Waals surface area (Å²) in [6.45, 7) is 11.2. The van der Waals surface area contributed by atoms with Crippen LogP contribution in [0, 0.1) is 0 Å². The molecule has 0 saturated carbocycles. The Kier molecular flexibility index (Phi) is 6.32. The fourth-order valence-electron chi connectivity index (χ4n) is 9.43. The molecule has 0 fully saturated rings. The number of hydrogen-bond donors (Lipinski definition) is 0. The Balaban J connectivity index is 1.30. The summed E-state index contributed by atoms with van der Waals surface area (Å²) < 4.78 is 2.28. The monoisotopic (exact) mass is 652 g/mol. The quantitative estimate of drug-likeness (QED) is 0.181. The van der Waals surface area contributed by atoms with Crippen LogP contribution in [0.1, 0.15) is 41.2 Å². The Morgan fingerprint density at radius 2 is 1.49 bits per heavy atom. The maximum absolute atomic E-state index is 5.20. The molecule has 0 bridgehead atoms. The highest BCUT2D eigenvalue weighted by atomic mass is 15.1. The van der Waals surface area contributed by atoms with Gasteiger partial charge in [0.05, 0.1) is 16.4 Å². The van der Waals surface area contributed by atoms with E-state index in [0.29, 0.717) is 0 Å². The third kappa shape index (κ3) is 3.96. The molecule has 2 nitrogen and oxygen atoms in total. The highest BCUT2D eigenvalue weighted by Crippen LogP contribution is 2.63. The van der Waals surface area contributed by atoms with E-state index in [4.69, 9.17) is 4.98 Å². The van der Waals surface area contributed by atoms with Crippen molar-refractivity contribution >= 4 is 45.2 Å². The maximum atomic E-state index is 5.20. The van der Waals surface area contributed by atoms with Gasteiger partial charge in [0.2, 0.25) is 0 Å². The van der Waals surface area contributed by atoms with E-state index >= 15 is 0 Å². The van der Waals surface area contributed by atoms with Crippen molar-refractivity contribution < 1.29 is 0 Å². The summed E-state index contributed by atoms with van der Waals surface area (Å²) >= 11 is 0. The largest absolute Gasteiger partial charge is 0.292 e. The molecule has 0 aliphatic heterocycles. The summed E-state index contributed by atoms with van der Waals surface area (Å²) in [7, 11) is 0. The van der Waals surface area contributed by atoms with E-state index in [9.17, 15) is 0 Å². The first kappa shape index (κ1) is 29.6. The zero-order valence-electron chi connectivity index (χ0n) is 28.6. The summed E-state index contributed by atoms with van der Waals surface area (Å²) in [5.41, 5.74) is 11.3. The molecule has 0 amide bonds. The third-order valence-electron chi connectivity index (χ3n) is 11.6. The van der Waals surface area contributed by atoms with Crippen molar-refractivity contribution in [1.82, 2.24) is 9.55 Å². The minimum Gasteiger partial charge on any atom is -0.292 e. The Morgan fingerprint density at radius 3 is 2.31 bits per heavy atom. The standard InChI is InChI=1S/C49H36N2/c1-4-33-31-41(38-18-14-15-34-25-24-32(2)45(33)46(34)38)49(40-20-9-8-19-39(40)48(3)30-13-12-23-44(48)49)36-28-26-35(27-29-36)47-50-42-21-10-11-22-43(42)51(47)37-16-6-5-7-17-37/h4-29,31H,1-2,30H2,3H3. The number of benzene rings is 7. The van der Waals surface area contributed by atoms with Crippen molar-refractivity contribution in [3.05, 3.63) is 203 Å². The Hall–Kier alpha value is -6.25. The third-order valence-corrected chi connectivity index (χ3v) is 11.6. The lowest BCUT2D eigenvalue weighted by molar-refractivity contribution is 0.541. The van der Waals surface area contributed by atoms with Crippen molar-refractivity contribution in [2.75, 3.05) is 0 Å². The van der Waals surface area contributed by atoms with Crippen molar-refractivity contribution in [1.29, 1.82) is 0 Å². The van der Waals surface area contributed by atoms with E-state index in [-0.39, 0.29) is 5.41 Å². The molecular formula is C49H36N2. The number of aromatic nitrogens is 2. The molecule has 242 valence electrons. The number of fused-ring (bicyclic) bond motifs is 4. The van der Waals surface area contributed by atoms with Gasteiger partial charge in [0, 0.05) is 16.7 Å². The second kappa shape index (κ2) is 10.9. The molecule has 2 aliphatic carbocycles. The summed E-state index contributed by atoms with van der Waals surface area (Å²) in [5.74, 6) is 0.931. The van der Waals surface area contributed by atoms with E-state index in [1.165, 1.54) is 49.4 Å². The number of rotatable bonds is 5. The zero-order chi connectivity index (χ0) is 34.3. The lowest BCUT2D eigenvalue weighted by atomic mass is 9.62. The lowest BCUT2D eigenvalue weighted by Gasteiger charge is -2.40. The fourth-order valence-corrected chi connectivity index (χ4v) is 9.43.